The molecule has 0 fully saturated rings. The number of carboxylic acid groups (broad SMARTS) is 1. The predicted octanol–water partition coefficient (Wildman–Crippen LogP) is 1.36. The number of hydrogen-bond donors (Lipinski definition) is 2. The molecule has 1 unspecified atom stereocenters. The van der Waals surface area contributed by atoms with Gasteiger partial charge in [0.25, 0.3) is 0 Å². The smallest absolute Gasteiger partial charge is 0.408 e. The minimum absolute atomic E-state index is 0.612. The van der Waals surface area contributed by atoms with E-state index in [4.69, 9.17) is 9.84 Å². The number of carboxylic acids is 1. The van der Waals surface area contributed by atoms with E-state index in [1.165, 1.54) is 0 Å². The quantitative estimate of drug-likeness (QED) is 0.459. The first kappa shape index (κ1) is 12.5. The number of ether oxygens (including phenoxy) is 1. The highest BCUT2D eigenvalue weighted by Gasteiger charge is 2.21. The van der Waals surface area contributed by atoms with Crippen molar-refractivity contribution >= 4 is 34.7 Å². The molecule has 76 valence electrons. The van der Waals surface area contributed by atoms with Gasteiger partial charge in [0.1, 0.15) is 5.60 Å². The van der Waals surface area contributed by atoms with Crippen LogP contribution in [0.1, 0.15) is 20.8 Å². The van der Waals surface area contributed by atoms with E-state index in [9.17, 15) is 9.59 Å². The molecule has 0 saturated carbocycles. The van der Waals surface area contributed by atoms with E-state index in [0.29, 0.717) is 0 Å². The van der Waals surface area contributed by atoms with Gasteiger partial charge in [0.2, 0.25) is 0 Å². The zero-order valence-corrected chi connectivity index (χ0v) is 9.78. The van der Waals surface area contributed by atoms with E-state index in [-0.39, 0.29) is 0 Å². The summed E-state index contributed by atoms with van der Waals surface area (Å²) in [6.07, 6.45) is -0.728. The third-order valence-electron chi connectivity index (χ3n) is 0.860. The molecule has 0 rings (SSSR count). The van der Waals surface area contributed by atoms with Gasteiger partial charge in [-0.05, 0) is 43.4 Å². The monoisotopic (exact) mass is 301 g/mol. The Hall–Kier alpha value is -0.530. The molecule has 0 aromatic carbocycles. The molecule has 0 aliphatic carbocycles. The average molecular weight is 301 g/mol. The number of halogens is 1. The number of alkyl carbamates (subject to hydrolysis) is 1. The summed E-state index contributed by atoms with van der Waals surface area (Å²) >= 11 is 1.59. The summed E-state index contributed by atoms with van der Waals surface area (Å²) in [5.41, 5.74) is -0.612. The summed E-state index contributed by atoms with van der Waals surface area (Å²) in [6.45, 7) is 5.11. The Morgan fingerprint density at radius 1 is 1.46 bits per heavy atom. The van der Waals surface area contributed by atoms with Crippen LogP contribution in [0.3, 0.4) is 0 Å². The van der Waals surface area contributed by atoms with Gasteiger partial charge in [-0.3, -0.25) is 5.32 Å². The fraction of sp³-hybridized carbons (Fsp3) is 0.714. The van der Waals surface area contributed by atoms with Crippen LogP contribution in [0.15, 0.2) is 0 Å². The van der Waals surface area contributed by atoms with E-state index in [2.05, 4.69) is 5.32 Å². The molecule has 13 heavy (non-hydrogen) atoms. The third-order valence-corrected chi connectivity index (χ3v) is 1.70. The molecular weight excluding hydrogens is 289 g/mol. The molecule has 2 N–H and O–H groups in total. The topological polar surface area (TPSA) is 75.6 Å². The molecule has 0 aromatic heterocycles. The van der Waals surface area contributed by atoms with Gasteiger partial charge in [-0.25, -0.2) is 9.59 Å². The van der Waals surface area contributed by atoms with Gasteiger partial charge in [0, 0.05) is 0 Å². The third kappa shape index (κ3) is 6.62. The Labute approximate surface area is 90.0 Å². The maximum Gasteiger partial charge on any atom is 0.408 e. The van der Waals surface area contributed by atoms with Gasteiger partial charge in [-0.1, -0.05) is 0 Å². The van der Waals surface area contributed by atoms with Crippen molar-refractivity contribution in [2.45, 2.75) is 30.4 Å². The fourth-order valence-corrected chi connectivity index (χ4v) is 0.727. The molecule has 0 heterocycles. The van der Waals surface area contributed by atoms with Gasteiger partial charge in [0.15, 0.2) is 4.05 Å². The van der Waals surface area contributed by atoms with Crippen molar-refractivity contribution in [3.8, 4) is 0 Å². The standard InChI is InChI=1S/C7H12INO4/c1-7(2,3)13-6(12)9-4(8)5(10)11/h4H,1-3H3,(H,9,12)(H,10,11). The van der Waals surface area contributed by atoms with E-state index in [1.807, 2.05) is 0 Å². The normalized spacial score (nSPS) is 13.2. The summed E-state index contributed by atoms with van der Waals surface area (Å²) in [5, 5.41) is 10.6. The van der Waals surface area contributed by atoms with Crippen molar-refractivity contribution in [3.05, 3.63) is 0 Å². The second-order valence-corrected chi connectivity index (χ2v) is 4.59. The van der Waals surface area contributed by atoms with Crippen molar-refractivity contribution in [2.75, 3.05) is 0 Å². The van der Waals surface area contributed by atoms with Crippen LogP contribution in [0.2, 0.25) is 0 Å². The number of nitrogens with one attached hydrogen (secondary N) is 1. The molecule has 0 saturated heterocycles. The van der Waals surface area contributed by atoms with Crippen LogP contribution in [0.4, 0.5) is 4.79 Å². The Morgan fingerprint density at radius 2 is 1.92 bits per heavy atom. The van der Waals surface area contributed by atoms with Gasteiger partial charge in [0.05, 0.1) is 0 Å². The minimum Gasteiger partial charge on any atom is -0.479 e. The van der Waals surface area contributed by atoms with Crippen LogP contribution in [0.5, 0.6) is 0 Å². The summed E-state index contributed by atoms with van der Waals surface area (Å²) in [4.78, 5) is 21.3. The molecule has 6 heteroatoms. The summed E-state index contributed by atoms with van der Waals surface area (Å²) in [7, 11) is 0. The van der Waals surface area contributed by atoms with Crippen molar-refractivity contribution in [3.63, 3.8) is 0 Å². The van der Waals surface area contributed by atoms with E-state index in [1.54, 1.807) is 43.4 Å². The first-order chi connectivity index (χ1) is 5.72. The molecule has 1 atom stereocenters. The first-order valence-corrected chi connectivity index (χ1v) is 4.83. The number of rotatable bonds is 2. The van der Waals surface area contributed by atoms with Gasteiger partial charge >= 0.3 is 12.1 Å². The molecule has 5 nitrogen and oxygen atoms in total. The first-order valence-electron chi connectivity index (χ1n) is 3.59. The largest absolute Gasteiger partial charge is 0.479 e. The second-order valence-electron chi connectivity index (χ2n) is 3.35. The maximum absolute atomic E-state index is 11.0. The van der Waals surface area contributed by atoms with Crippen LogP contribution in [0, 0.1) is 0 Å². The highest BCUT2D eigenvalue weighted by molar-refractivity contribution is 14.1. The average Bonchev–Trinajstić information content (AvgIpc) is 1.81. The predicted molar refractivity (Wildman–Crippen MR) is 54.8 cm³/mol. The lowest BCUT2D eigenvalue weighted by Gasteiger charge is -2.20. The van der Waals surface area contributed by atoms with Crippen molar-refractivity contribution in [1.29, 1.82) is 0 Å². The van der Waals surface area contributed by atoms with Crippen molar-refractivity contribution in [2.24, 2.45) is 0 Å². The minimum atomic E-state index is -1.11. The van der Waals surface area contributed by atoms with E-state index in [0.717, 1.165) is 0 Å². The molecule has 0 radical (unpaired) electrons. The molecule has 0 spiro atoms. The molecule has 0 bridgehead atoms. The Bertz CT molecular complexity index is 211. The molecular formula is C7H12INO4. The SMILES string of the molecule is CC(C)(C)OC(=O)NC(I)C(=O)O. The van der Waals surface area contributed by atoms with Gasteiger partial charge in [-0.15, -0.1) is 0 Å². The molecule has 0 aromatic rings. The lowest BCUT2D eigenvalue weighted by atomic mass is 10.2. The Morgan fingerprint density at radius 3 is 2.23 bits per heavy atom. The van der Waals surface area contributed by atoms with E-state index < -0.39 is 21.7 Å². The number of alkyl halides is 1. The molecule has 0 aliphatic rings. The fourth-order valence-electron chi connectivity index (χ4n) is 0.473. The zero-order valence-electron chi connectivity index (χ0n) is 7.63. The Kier molecular flexibility index (Phi) is 4.45. The lowest BCUT2D eigenvalue weighted by Crippen LogP contribution is -2.39. The van der Waals surface area contributed by atoms with Crippen molar-refractivity contribution < 1.29 is 19.4 Å². The molecule has 1 amide bonds. The highest BCUT2D eigenvalue weighted by atomic mass is 127. The van der Waals surface area contributed by atoms with Gasteiger partial charge < -0.3 is 9.84 Å². The number of carbonyl (C=O) groups excluding carboxylic acids is 1. The number of hydrogen-bond acceptors (Lipinski definition) is 3. The number of carbonyl (C=O) groups is 2. The van der Waals surface area contributed by atoms with E-state index >= 15 is 0 Å². The zero-order chi connectivity index (χ0) is 10.6. The summed E-state index contributed by atoms with van der Waals surface area (Å²) in [6, 6.07) is 0. The molecule has 0 aliphatic heterocycles. The van der Waals surface area contributed by atoms with Crippen LogP contribution >= 0.6 is 22.6 Å². The van der Waals surface area contributed by atoms with Crippen LogP contribution in [0.25, 0.3) is 0 Å². The highest BCUT2D eigenvalue weighted by Crippen LogP contribution is 2.07. The second kappa shape index (κ2) is 4.64. The van der Waals surface area contributed by atoms with Crippen LogP contribution in [-0.2, 0) is 9.53 Å². The van der Waals surface area contributed by atoms with Gasteiger partial charge in [-0.2, -0.15) is 0 Å². The number of aliphatic carboxylic acids is 1. The van der Waals surface area contributed by atoms with Crippen LogP contribution < -0.4 is 5.32 Å². The Balaban J connectivity index is 3.96. The lowest BCUT2D eigenvalue weighted by molar-refractivity contribution is -0.136. The summed E-state index contributed by atoms with van der Waals surface area (Å²) < 4.78 is 3.88. The van der Waals surface area contributed by atoms with Crippen molar-refractivity contribution in [1.82, 2.24) is 5.32 Å². The summed E-state index contributed by atoms with van der Waals surface area (Å²) in [5.74, 6) is -1.11. The van der Waals surface area contributed by atoms with Crippen LogP contribution in [-0.4, -0.2) is 26.8 Å². The number of amides is 1. The maximum atomic E-state index is 11.0.